The molecule has 1 unspecified atom stereocenters. The number of aromatic nitrogens is 1. The number of rotatable bonds is 5. The Morgan fingerprint density at radius 2 is 1.22 bits per heavy atom. The fraction of sp³-hybridized carbons (Fsp3) is 0.0943. The van der Waals surface area contributed by atoms with E-state index in [1.165, 1.54) is 94.5 Å². The molecule has 11 rings (SSSR count). The van der Waals surface area contributed by atoms with Gasteiger partial charge in [-0.1, -0.05) is 160 Å². The number of allylic oxidation sites excluding steroid dienone is 5. The fourth-order valence-corrected chi connectivity index (χ4v) is 10.7. The highest BCUT2D eigenvalue weighted by Gasteiger charge is 2.52. The van der Waals surface area contributed by atoms with Gasteiger partial charge in [-0.3, -0.25) is 0 Å². The number of hydrogen-bond donors (Lipinski definition) is 0. The first kappa shape index (κ1) is 31.8. The molecule has 262 valence electrons. The first-order chi connectivity index (χ1) is 27.0. The number of anilines is 3. The molecule has 0 N–H and O–H groups in total. The van der Waals surface area contributed by atoms with Crippen LogP contribution in [0.2, 0.25) is 0 Å². The predicted octanol–water partition coefficient (Wildman–Crippen LogP) is 13.7. The van der Waals surface area contributed by atoms with Crippen molar-refractivity contribution in [2.45, 2.75) is 31.6 Å². The molecule has 8 aromatic rings. The molecule has 1 aliphatic heterocycles. The molecule has 0 radical (unpaired) electrons. The maximum atomic E-state index is 4.32. The average molecular weight is 705 g/mol. The highest BCUT2D eigenvalue weighted by Crippen LogP contribution is 2.64. The topological polar surface area (TPSA) is 8.17 Å². The third kappa shape index (κ3) is 3.94. The fourth-order valence-electron chi connectivity index (χ4n) is 10.7. The van der Waals surface area contributed by atoms with Gasteiger partial charge >= 0.3 is 0 Å². The van der Waals surface area contributed by atoms with E-state index in [1.54, 1.807) is 0 Å². The lowest BCUT2D eigenvalue weighted by molar-refractivity contribution is 0.655. The Hall–Kier alpha value is -6.64. The molecular weight excluding hydrogens is 665 g/mol. The number of fused-ring (bicyclic) bond motifs is 13. The summed E-state index contributed by atoms with van der Waals surface area (Å²) in [6.07, 6.45) is 6.46. The summed E-state index contributed by atoms with van der Waals surface area (Å²) in [7, 11) is 0. The Morgan fingerprint density at radius 1 is 0.582 bits per heavy atom. The molecule has 3 aliphatic rings. The van der Waals surface area contributed by atoms with Crippen LogP contribution in [0.15, 0.2) is 188 Å². The van der Waals surface area contributed by atoms with Crippen molar-refractivity contribution in [3.63, 3.8) is 0 Å². The van der Waals surface area contributed by atoms with Crippen LogP contribution < -0.4 is 4.90 Å². The Bertz CT molecular complexity index is 2990. The van der Waals surface area contributed by atoms with Gasteiger partial charge in [-0.15, -0.1) is 0 Å². The molecule has 2 aliphatic carbocycles. The van der Waals surface area contributed by atoms with E-state index in [4.69, 9.17) is 0 Å². The van der Waals surface area contributed by atoms with E-state index in [0.29, 0.717) is 0 Å². The highest BCUT2D eigenvalue weighted by molar-refractivity contribution is 6.13. The third-order valence-corrected chi connectivity index (χ3v) is 12.6. The van der Waals surface area contributed by atoms with Crippen LogP contribution in [-0.4, -0.2) is 4.57 Å². The third-order valence-electron chi connectivity index (χ3n) is 12.6. The minimum Gasteiger partial charge on any atom is -0.310 e. The summed E-state index contributed by atoms with van der Waals surface area (Å²) in [5.41, 5.74) is 19.4. The van der Waals surface area contributed by atoms with Gasteiger partial charge in [0.15, 0.2) is 0 Å². The zero-order valence-electron chi connectivity index (χ0n) is 31.3. The summed E-state index contributed by atoms with van der Waals surface area (Å²) in [4.78, 5) is 2.53. The SMILES string of the molecule is C=CC1=C(/C=C\C)c2cccc(N(c3ccccc3)c3cccc4c3-c3ccccc3C43c4ccccc4-n4c5ccccc5c5cccc3c54)c2C1(C)C. The number of para-hydroxylation sites is 4. The van der Waals surface area contributed by atoms with Crippen LogP contribution in [0.25, 0.3) is 44.2 Å². The largest absolute Gasteiger partial charge is 0.310 e. The van der Waals surface area contributed by atoms with Gasteiger partial charge in [0.25, 0.3) is 0 Å². The zero-order chi connectivity index (χ0) is 37.1. The van der Waals surface area contributed by atoms with E-state index in [0.717, 1.165) is 5.69 Å². The van der Waals surface area contributed by atoms with E-state index in [9.17, 15) is 0 Å². The minimum atomic E-state index is -0.528. The zero-order valence-corrected chi connectivity index (χ0v) is 31.3. The summed E-state index contributed by atoms with van der Waals surface area (Å²) in [6.45, 7) is 11.1. The van der Waals surface area contributed by atoms with Crippen LogP contribution in [0, 0.1) is 0 Å². The van der Waals surface area contributed by atoms with E-state index in [2.05, 4.69) is 213 Å². The van der Waals surface area contributed by atoms with E-state index >= 15 is 0 Å². The quantitative estimate of drug-likeness (QED) is 0.173. The molecule has 1 aromatic heterocycles. The second-order valence-electron chi connectivity index (χ2n) is 15.6. The highest BCUT2D eigenvalue weighted by atomic mass is 15.2. The molecular formula is C53H40N2. The van der Waals surface area contributed by atoms with Gasteiger partial charge in [0, 0.05) is 27.4 Å². The summed E-state index contributed by atoms with van der Waals surface area (Å²) in [6, 6.07) is 58.9. The molecule has 1 atom stereocenters. The van der Waals surface area contributed by atoms with Gasteiger partial charge in [0.05, 0.1) is 33.5 Å². The van der Waals surface area contributed by atoms with Crippen molar-refractivity contribution in [3.05, 3.63) is 221 Å². The van der Waals surface area contributed by atoms with E-state index in [-0.39, 0.29) is 5.41 Å². The van der Waals surface area contributed by atoms with Crippen molar-refractivity contribution in [1.82, 2.24) is 4.57 Å². The van der Waals surface area contributed by atoms with Crippen molar-refractivity contribution in [1.29, 1.82) is 0 Å². The molecule has 0 amide bonds. The summed E-state index contributed by atoms with van der Waals surface area (Å²) < 4.78 is 2.52. The Kier molecular flexibility index (Phi) is 6.62. The van der Waals surface area contributed by atoms with Gasteiger partial charge in [-0.25, -0.2) is 0 Å². The van der Waals surface area contributed by atoms with Crippen LogP contribution in [0.3, 0.4) is 0 Å². The van der Waals surface area contributed by atoms with E-state index < -0.39 is 5.41 Å². The monoisotopic (exact) mass is 704 g/mol. The lowest BCUT2D eigenvalue weighted by atomic mass is 9.65. The molecule has 2 heterocycles. The van der Waals surface area contributed by atoms with Gasteiger partial charge in [0.1, 0.15) is 0 Å². The second-order valence-corrected chi connectivity index (χ2v) is 15.6. The van der Waals surface area contributed by atoms with Crippen molar-refractivity contribution in [3.8, 4) is 16.8 Å². The molecule has 0 saturated heterocycles. The van der Waals surface area contributed by atoms with Crippen molar-refractivity contribution < 1.29 is 0 Å². The van der Waals surface area contributed by atoms with Crippen LogP contribution >= 0.6 is 0 Å². The van der Waals surface area contributed by atoms with E-state index in [1.807, 2.05) is 0 Å². The van der Waals surface area contributed by atoms with Crippen LogP contribution in [0.5, 0.6) is 0 Å². The van der Waals surface area contributed by atoms with Gasteiger partial charge in [0.2, 0.25) is 0 Å². The van der Waals surface area contributed by atoms with Crippen molar-refractivity contribution in [2.24, 2.45) is 0 Å². The van der Waals surface area contributed by atoms with Crippen molar-refractivity contribution >= 4 is 44.4 Å². The number of benzene rings is 7. The first-order valence-corrected chi connectivity index (χ1v) is 19.4. The number of nitrogens with zero attached hydrogens (tertiary/aromatic N) is 2. The molecule has 2 nitrogen and oxygen atoms in total. The number of hydrogen-bond acceptors (Lipinski definition) is 1. The average Bonchev–Trinajstić information content (AvgIpc) is 3.80. The maximum Gasteiger partial charge on any atom is 0.0755 e. The molecule has 55 heavy (non-hydrogen) atoms. The minimum absolute atomic E-state index is 0.266. The van der Waals surface area contributed by atoms with Crippen LogP contribution in [-0.2, 0) is 10.8 Å². The second kappa shape index (κ2) is 11.4. The normalized spacial score (nSPS) is 17.1. The predicted molar refractivity (Wildman–Crippen MR) is 231 cm³/mol. The van der Waals surface area contributed by atoms with Gasteiger partial charge < -0.3 is 9.47 Å². The first-order valence-electron chi connectivity index (χ1n) is 19.4. The molecule has 1 spiro atoms. The van der Waals surface area contributed by atoms with Crippen molar-refractivity contribution in [2.75, 3.05) is 4.90 Å². The van der Waals surface area contributed by atoms with Crippen LogP contribution in [0.1, 0.15) is 54.2 Å². The summed E-state index contributed by atoms with van der Waals surface area (Å²) in [5.74, 6) is 0. The summed E-state index contributed by atoms with van der Waals surface area (Å²) >= 11 is 0. The molecule has 0 fully saturated rings. The van der Waals surface area contributed by atoms with Gasteiger partial charge in [-0.2, -0.15) is 0 Å². The lowest BCUT2D eigenvalue weighted by Gasteiger charge is -2.40. The molecule has 0 saturated carbocycles. The Labute approximate surface area is 322 Å². The summed E-state index contributed by atoms with van der Waals surface area (Å²) in [5, 5.41) is 2.58. The molecule has 7 aromatic carbocycles. The lowest BCUT2D eigenvalue weighted by Crippen LogP contribution is -2.33. The molecule has 2 heteroatoms. The Balaban J connectivity index is 1.27. The Morgan fingerprint density at radius 3 is 2.05 bits per heavy atom. The van der Waals surface area contributed by atoms with Gasteiger partial charge in [-0.05, 0) is 93.4 Å². The van der Waals surface area contributed by atoms with Crippen LogP contribution in [0.4, 0.5) is 17.1 Å². The molecule has 0 bridgehead atoms. The maximum absolute atomic E-state index is 4.32. The standard InChI is InChI=1S/C53H40N2/c1-5-19-35-37-24-17-33-48(50(37)52(3,4)40(35)6-2)54(34-20-8-7-9-21-34)47-32-18-28-43-49(47)39-23-10-12-26-41(39)53(43)42-27-13-15-31-46(42)55-45-30-14-11-22-36(45)38-25-16-29-44(53)51(38)55/h5-33H,2H2,1,3-4H3/b19-5-. The smallest absolute Gasteiger partial charge is 0.0755 e.